The van der Waals surface area contributed by atoms with Gasteiger partial charge in [0, 0.05) is 31.4 Å². The number of halogens is 2. The molecule has 0 spiro atoms. The third-order valence-corrected chi connectivity index (χ3v) is 4.79. The van der Waals surface area contributed by atoms with E-state index in [0.717, 1.165) is 23.4 Å². The SMILES string of the molecule is CC1CN2CCCC2CN1c1ncc(Cl)cc1Br. The zero-order chi connectivity index (χ0) is 12.7. The van der Waals surface area contributed by atoms with Gasteiger partial charge in [0.25, 0.3) is 0 Å². The molecule has 2 fully saturated rings. The summed E-state index contributed by atoms with van der Waals surface area (Å²) in [5, 5.41) is 0.679. The minimum atomic E-state index is 0.504. The molecule has 2 atom stereocenters. The molecule has 0 saturated carbocycles. The van der Waals surface area contributed by atoms with E-state index in [1.54, 1.807) is 6.20 Å². The smallest absolute Gasteiger partial charge is 0.143 e. The molecule has 2 saturated heterocycles. The standard InChI is InChI=1S/C13H17BrClN3/c1-9-7-17-4-2-3-11(17)8-18(9)13-12(14)5-10(15)6-16-13/h5-6,9,11H,2-4,7-8H2,1H3. The van der Waals surface area contributed by atoms with Crippen LogP contribution in [-0.4, -0.2) is 41.6 Å². The molecule has 98 valence electrons. The van der Waals surface area contributed by atoms with Gasteiger partial charge in [0.1, 0.15) is 5.82 Å². The van der Waals surface area contributed by atoms with Crippen molar-refractivity contribution in [2.75, 3.05) is 24.5 Å². The predicted octanol–water partition coefficient (Wildman–Crippen LogP) is 3.17. The maximum Gasteiger partial charge on any atom is 0.143 e. The number of hydrogen-bond acceptors (Lipinski definition) is 3. The molecule has 2 aliphatic heterocycles. The quantitative estimate of drug-likeness (QED) is 0.788. The molecule has 3 heterocycles. The average Bonchev–Trinajstić information content (AvgIpc) is 2.75. The first kappa shape index (κ1) is 12.7. The first-order chi connectivity index (χ1) is 8.65. The third-order valence-electron chi connectivity index (χ3n) is 4.00. The Morgan fingerprint density at radius 1 is 1.44 bits per heavy atom. The molecule has 0 N–H and O–H groups in total. The number of fused-ring (bicyclic) bond motifs is 1. The summed E-state index contributed by atoms with van der Waals surface area (Å²) in [7, 11) is 0. The lowest BCUT2D eigenvalue weighted by atomic mass is 10.1. The van der Waals surface area contributed by atoms with E-state index >= 15 is 0 Å². The Morgan fingerprint density at radius 3 is 3.06 bits per heavy atom. The first-order valence-corrected chi connectivity index (χ1v) is 7.64. The highest BCUT2D eigenvalue weighted by Crippen LogP contribution is 2.32. The van der Waals surface area contributed by atoms with Gasteiger partial charge in [-0.15, -0.1) is 0 Å². The molecule has 2 unspecified atom stereocenters. The Hall–Kier alpha value is -0.320. The fourth-order valence-electron chi connectivity index (χ4n) is 3.10. The summed E-state index contributed by atoms with van der Waals surface area (Å²) in [5.41, 5.74) is 0. The summed E-state index contributed by atoms with van der Waals surface area (Å²) in [6, 6.07) is 3.13. The van der Waals surface area contributed by atoms with E-state index in [2.05, 4.69) is 37.6 Å². The maximum absolute atomic E-state index is 5.96. The van der Waals surface area contributed by atoms with Gasteiger partial charge in [0.05, 0.1) is 9.50 Å². The zero-order valence-corrected chi connectivity index (χ0v) is 12.8. The van der Waals surface area contributed by atoms with Crippen LogP contribution in [0.5, 0.6) is 0 Å². The van der Waals surface area contributed by atoms with Crippen molar-refractivity contribution in [2.24, 2.45) is 0 Å². The van der Waals surface area contributed by atoms with E-state index < -0.39 is 0 Å². The number of nitrogens with zero attached hydrogens (tertiary/aromatic N) is 3. The lowest BCUT2D eigenvalue weighted by molar-refractivity contribution is 0.202. The number of pyridine rings is 1. The monoisotopic (exact) mass is 329 g/mol. The summed E-state index contributed by atoms with van der Waals surface area (Å²) in [6.45, 7) is 5.76. The van der Waals surface area contributed by atoms with E-state index in [1.807, 2.05) is 6.07 Å². The number of hydrogen-bond donors (Lipinski definition) is 0. The summed E-state index contributed by atoms with van der Waals surface area (Å²) in [5.74, 6) is 1.03. The van der Waals surface area contributed by atoms with Gasteiger partial charge >= 0.3 is 0 Å². The summed E-state index contributed by atoms with van der Waals surface area (Å²) in [6.07, 6.45) is 4.38. The molecule has 5 heteroatoms. The van der Waals surface area contributed by atoms with E-state index in [0.29, 0.717) is 17.1 Å². The van der Waals surface area contributed by atoms with Gasteiger partial charge in [-0.3, -0.25) is 4.90 Å². The molecular weight excluding hydrogens is 314 g/mol. The van der Waals surface area contributed by atoms with E-state index in [-0.39, 0.29) is 0 Å². The van der Waals surface area contributed by atoms with Crippen molar-refractivity contribution in [3.05, 3.63) is 21.8 Å². The molecule has 0 aromatic carbocycles. The zero-order valence-electron chi connectivity index (χ0n) is 10.4. The summed E-state index contributed by atoms with van der Waals surface area (Å²) >= 11 is 9.54. The number of rotatable bonds is 1. The van der Waals surface area contributed by atoms with Crippen LogP contribution in [0.2, 0.25) is 5.02 Å². The van der Waals surface area contributed by atoms with Gasteiger partial charge in [-0.05, 0) is 48.3 Å². The van der Waals surface area contributed by atoms with Crippen LogP contribution in [0.4, 0.5) is 5.82 Å². The van der Waals surface area contributed by atoms with Crippen molar-refractivity contribution < 1.29 is 0 Å². The number of aromatic nitrogens is 1. The molecule has 2 aliphatic rings. The second-order valence-electron chi connectivity index (χ2n) is 5.25. The van der Waals surface area contributed by atoms with E-state index in [4.69, 9.17) is 11.6 Å². The van der Waals surface area contributed by atoms with Gasteiger partial charge in [-0.2, -0.15) is 0 Å². The molecule has 3 rings (SSSR count). The lowest BCUT2D eigenvalue weighted by Crippen LogP contribution is -2.55. The predicted molar refractivity (Wildman–Crippen MR) is 78.4 cm³/mol. The van der Waals surface area contributed by atoms with Crippen LogP contribution in [0, 0.1) is 0 Å². The van der Waals surface area contributed by atoms with Crippen LogP contribution in [0.25, 0.3) is 0 Å². The van der Waals surface area contributed by atoms with Crippen molar-refractivity contribution in [3.8, 4) is 0 Å². The minimum absolute atomic E-state index is 0.504. The second-order valence-corrected chi connectivity index (χ2v) is 6.54. The van der Waals surface area contributed by atoms with Crippen molar-refractivity contribution in [1.29, 1.82) is 0 Å². The molecule has 1 aromatic heterocycles. The van der Waals surface area contributed by atoms with Gasteiger partial charge in [-0.1, -0.05) is 11.6 Å². The van der Waals surface area contributed by atoms with Gasteiger partial charge in [0.2, 0.25) is 0 Å². The normalized spacial score (nSPS) is 28.5. The Balaban J connectivity index is 1.86. The Kier molecular flexibility index (Phi) is 3.52. The van der Waals surface area contributed by atoms with Crippen LogP contribution in [0.3, 0.4) is 0 Å². The van der Waals surface area contributed by atoms with Crippen molar-refractivity contribution >= 4 is 33.3 Å². The molecule has 1 aromatic rings. The molecule has 3 nitrogen and oxygen atoms in total. The number of piperazine rings is 1. The average molecular weight is 331 g/mol. The minimum Gasteiger partial charge on any atom is -0.350 e. The first-order valence-electron chi connectivity index (χ1n) is 6.47. The third kappa shape index (κ3) is 2.26. The van der Waals surface area contributed by atoms with Crippen molar-refractivity contribution in [1.82, 2.24) is 9.88 Å². The molecule has 0 bridgehead atoms. The van der Waals surface area contributed by atoms with Crippen LogP contribution >= 0.6 is 27.5 Å². The Bertz CT molecular complexity index is 454. The summed E-state index contributed by atoms with van der Waals surface area (Å²) in [4.78, 5) is 9.52. The molecular formula is C13H17BrClN3. The van der Waals surface area contributed by atoms with Crippen LogP contribution in [0.1, 0.15) is 19.8 Å². The molecule has 0 amide bonds. The van der Waals surface area contributed by atoms with Crippen LogP contribution in [0.15, 0.2) is 16.7 Å². The van der Waals surface area contributed by atoms with Gasteiger partial charge < -0.3 is 4.90 Å². The topological polar surface area (TPSA) is 19.4 Å². The van der Waals surface area contributed by atoms with Crippen LogP contribution < -0.4 is 4.90 Å². The van der Waals surface area contributed by atoms with Gasteiger partial charge in [-0.25, -0.2) is 4.98 Å². The largest absolute Gasteiger partial charge is 0.350 e. The Morgan fingerprint density at radius 2 is 2.28 bits per heavy atom. The van der Waals surface area contributed by atoms with Gasteiger partial charge in [0.15, 0.2) is 0 Å². The number of anilines is 1. The maximum atomic E-state index is 5.96. The van der Waals surface area contributed by atoms with Crippen molar-refractivity contribution in [2.45, 2.75) is 31.8 Å². The highest BCUT2D eigenvalue weighted by molar-refractivity contribution is 9.10. The molecule has 0 aliphatic carbocycles. The Labute approximate surface area is 121 Å². The fraction of sp³-hybridized carbons (Fsp3) is 0.615. The van der Waals surface area contributed by atoms with E-state index in [1.165, 1.54) is 19.4 Å². The lowest BCUT2D eigenvalue weighted by Gasteiger charge is -2.43. The van der Waals surface area contributed by atoms with Crippen LogP contribution in [-0.2, 0) is 0 Å². The second kappa shape index (κ2) is 4.99. The van der Waals surface area contributed by atoms with E-state index in [9.17, 15) is 0 Å². The summed E-state index contributed by atoms with van der Waals surface area (Å²) < 4.78 is 0.994. The highest BCUT2D eigenvalue weighted by Gasteiger charge is 2.35. The fourth-order valence-corrected chi connectivity index (χ4v) is 3.97. The molecule has 0 radical (unpaired) electrons. The van der Waals surface area contributed by atoms with Crippen molar-refractivity contribution in [3.63, 3.8) is 0 Å². The molecule has 18 heavy (non-hydrogen) atoms. The highest BCUT2D eigenvalue weighted by atomic mass is 79.9.